The summed E-state index contributed by atoms with van der Waals surface area (Å²) in [5, 5.41) is 17.9. The molecule has 5 heterocycles. The Kier molecular flexibility index (Phi) is 6.58. The lowest BCUT2D eigenvalue weighted by atomic mass is 10.2. The molecule has 1 atom stereocenters. The summed E-state index contributed by atoms with van der Waals surface area (Å²) in [6.07, 6.45) is 0.531. The van der Waals surface area contributed by atoms with E-state index in [1.807, 2.05) is 0 Å². The van der Waals surface area contributed by atoms with Crippen LogP contribution in [0, 0.1) is 24.0 Å². The molecule has 0 radical (unpaired) electrons. The van der Waals surface area contributed by atoms with Gasteiger partial charge in [-0.15, -0.1) is 0 Å². The minimum absolute atomic E-state index is 0.0413. The molecule has 1 amide bonds. The second-order valence-corrected chi connectivity index (χ2v) is 11.0. The fourth-order valence-corrected chi connectivity index (χ4v) is 5.98. The molecule has 0 spiro atoms. The van der Waals surface area contributed by atoms with Crippen molar-refractivity contribution in [2.75, 3.05) is 31.5 Å². The van der Waals surface area contributed by atoms with Gasteiger partial charge in [-0.25, -0.2) is 9.34 Å². The van der Waals surface area contributed by atoms with Crippen molar-refractivity contribution in [3.63, 3.8) is 0 Å². The highest BCUT2D eigenvalue weighted by molar-refractivity contribution is 7.54. The van der Waals surface area contributed by atoms with Gasteiger partial charge >= 0.3 is 13.4 Å². The number of nitrogens with one attached hydrogen (secondary N) is 1. The Bertz CT molecular complexity index is 1360. The lowest BCUT2D eigenvalue weighted by Gasteiger charge is -2.22. The number of hydrogen-bond donors (Lipinski definition) is 1. The van der Waals surface area contributed by atoms with Crippen LogP contribution in [-0.4, -0.2) is 56.5 Å². The van der Waals surface area contributed by atoms with Crippen LogP contribution in [0.3, 0.4) is 0 Å². The van der Waals surface area contributed by atoms with Crippen LogP contribution in [0.25, 0.3) is 0 Å². The summed E-state index contributed by atoms with van der Waals surface area (Å²) in [4.78, 5) is 27.8. The third kappa shape index (κ3) is 5.27. The lowest BCUT2D eigenvalue weighted by Crippen LogP contribution is -2.14. The Hall–Kier alpha value is -3.58. The molecule has 3 aromatic rings. The summed E-state index contributed by atoms with van der Waals surface area (Å²) in [7, 11) is -3.19. The highest BCUT2D eigenvalue weighted by Gasteiger charge is 2.50. The molecule has 37 heavy (non-hydrogen) atoms. The predicted molar refractivity (Wildman–Crippen MR) is 128 cm³/mol. The second kappa shape index (κ2) is 9.71. The topological polar surface area (TPSA) is 166 Å². The van der Waals surface area contributed by atoms with Crippen LogP contribution in [0.2, 0.25) is 0 Å². The summed E-state index contributed by atoms with van der Waals surface area (Å²) < 4.78 is 39.0. The van der Waals surface area contributed by atoms with Gasteiger partial charge in [-0.3, -0.25) is 34.3 Å². The van der Waals surface area contributed by atoms with E-state index in [4.69, 9.17) is 18.2 Å². The molecule has 0 aromatic carbocycles. The van der Waals surface area contributed by atoms with E-state index >= 15 is 0 Å². The van der Waals surface area contributed by atoms with Crippen LogP contribution in [0.15, 0.2) is 33.3 Å². The van der Waals surface area contributed by atoms with Crippen molar-refractivity contribution in [1.29, 1.82) is 0 Å². The SMILES string of the molecule is Cc1noc(C)c1COc1ccnc(C(=O)Nc2oc(C(C)OP(=O)(N3CC3)N3CC3)cc2[N+](=O)[O-])c1. The Morgan fingerprint density at radius 3 is 2.57 bits per heavy atom. The van der Waals surface area contributed by atoms with Crippen molar-refractivity contribution < 1.29 is 32.5 Å². The number of hydrogen-bond acceptors (Lipinski definition) is 10. The monoisotopic (exact) mass is 532 g/mol. The third-order valence-corrected chi connectivity index (χ3v) is 8.76. The van der Waals surface area contributed by atoms with E-state index in [2.05, 4.69) is 15.5 Å². The number of nitrogens with zero attached hydrogens (tertiary/aromatic N) is 5. The minimum Gasteiger partial charge on any atom is -0.489 e. The Morgan fingerprint density at radius 2 is 1.97 bits per heavy atom. The van der Waals surface area contributed by atoms with E-state index in [1.165, 1.54) is 12.3 Å². The van der Waals surface area contributed by atoms with E-state index in [0.717, 1.165) is 11.6 Å². The van der Waals surface area contributed by atoms with Crippen molar-refractivity contribution in [2.24, 2.45) is 0 Å². The Labute approximate surface area is 211 Å². The van der Waals surface area contributed by atoms with E-state index in [-0.39, 0.29) is 23.9 Å². The maximum atomic E-state index is 13.3. The average molecular weight is 532 g/mol. The molecule has 2 aliphatic heterocycles. The zero-order valence-corrected chi connectivity index (χ0v) is 21.3. The van der Waals surface area contributed by atoms with Gasteiger partial charge in [0.1, 0.15) is 35.7 Å². The molecular weight excluding hydrogens is 507 g/mol. The van der Waals surface area contributed by atoms with Gasteiger partial charge in [-0.1, -0.05) is 5.16 Å². The second-order valence-electron chi connectivity index (χ2n) is 8.69. The number of nitro groups is 1. The number of aromatic nitrogens is 2. The summed E-state index contributed by atoms with van der Waals surface area (Å²) in [6.45, 7) is 7.98. The first-order valence-corrected chi connectivity index (χ1v) is 13.1. The van der Waals surface area contributed by atoms with Crippen LogP contribution < -0.4 is 10.1 Å². The predicted octanol–water partition coefficient (Wildman–Crippen LogP) is 3.84. The molecule has 1 unspecified atom stereocenters. The van der Waals surface area contributed by atoms with E-state index in [0.29, 0.717) is 43.4 Å². The molecule has 3 aromatic heterocycles. The van der Waals surface area contributed by atoms with Gasteiger partial charge in [0.25, 0.3) is 11.8 Å². The summed E-state index contributed by atoms with van der Waals surface area (Å²) in [5.74, 6) is -0.0615. The molecule has 14 nitrogen and oxygen atoms in total. The summed E-state index contributed by atoms with van der Waals surface area (Å²) >= 11 is 0. The van der Waals surface area contributed by atoms with E-state index < -0.39 is 30.3 Å². The third-order valence-electron chi connectivity index (χ3n) is 5.94. The first-order chi connectivity index (χ1) is 17.7. The fraction of sp³-hybridized carbons (Fsp3) is 0.409. The number of carbonyl (C=O) groups excluding carboxylic acids is 1. The van der Waals surface area contributed by atoms with Crippen LogP contribution in [0.5, 0.6) is 5.75 Å². The van der Waals surface area contributed by atoms with Gasteiger partial charge in [-0.05, 0) is 26.8 Å². The minimum atomic E-state index is -3.19. The van der Waals surface area contributed by atoms with Gasteiger partial charge in [0, 0.05) is 38.4 Å². The average Bonchev–Trinajstić information content (AvgIpc) is 3.79. The Morgan fingerprint density at radius 1 is 1.27 bits per heavy atom. The van der Waals surface area contributed by atoms with Crippen LogP contribution in [0.4, 0.5) is 11.6 Å². The summed E-state index contributed by atoms with van der Waals surface area (Å²) in [6, 6.07) is 4.14. The molecule has 1 N–H and O–H groups in total. The fourth-order valence-electron chi connectivity index (χ4n) is 3.65. The lowest BCUT2D eigenvalue weighted by molar-refractivity contribution is -0.384. The smallest absolute Gasteiger partial charge is 0.346 e. The van der Waals surface area contributed by atoms with E-state index in [9.17, 15) is 19.5 Å². The highest BCUT2D eigenvalue weighted by Crippen LogP contribution is 2.63. The van der Waals surface area contributed by atoms with Crippen molar-refractivity contribution in [3.05, 3.63) is 63.0 Å². The number of carbonyl (C=O) groups is 1. The number of amides is 1. The largest absolute Gasteiger partial charge is 0.489 e. The number of ether oxygens (including phenoxy) is 1. The summed E-state index contributed by atoms with van der Waals surface area (Å²) in [5.41, 5.74) is 0.987. The molecule has 0 aliphatic carbocycles. The molecule has 2 saturated heterocycles. The maximum Gasteiger partial charge on any atom is 0.346 e. The van der Waals surface area contributed by atoms with Crippen molar-refractivity contribution in [3.8, 4) is 5.75 Å². The maximum absolute atomic E-state index is 13.3. The van der Waals surface area contributed by atoms with Crippen LogP contribution in [0.1, 0.15) is 46.3 Å². The van der Waals surface area contributed by atoms with Gasteiger partial charge in [0.05, 0.1) is 22.2 Å². The van der Waals surface area contributed by atoms with Crippen molar-refractivity contribution in [1.82, 2.24) is 19.5 Å². The number of furan rings is 1. The molecule has 15 heteroatoms. The van der Waals surface area contributed by atoms with Gasteiger partial charge < -0.3 is 13.7 Å². The van der Waals surface area contributed by atoms with Crippen LogP contribution >= 0.6 is 7.67 Å². The van der Waals surface area contributed by atoms with Gasteiger partial charge in [-0.2, -0.15) is 0 Å². The molecule has 5 rings (SSSR count). The molecule has 2 fully saturated rings. The van der Waals surface area contributed by atoms with Gasteiger partial charge in [0.15, 0.2) is 0 Å². The number of aryl methyl sites for hydroxylation is 2. The number of rotatable bonds is 11. The normalized spacial score (nSPS) is 16.4. The standard InChI is InChI=1S/C22H25N6O8P/c1-13-17(14(2)35-25-13)12-33-16-4-5-23-18(10-16)21(29)24-22-19(28(30)31)11-20(34-22)15(3)36-37(32,26-6-7-26)27-8-9-27/h4-5,10-11,15H,6-9,12H2,1-3H3,(H,24,29). The molecule has 2 aliphatic rings. The number of anilines is 1. The molecular formula is C22H25N6O8P. The molecule has 0 saturated carbocycles. The van der Waals surface area contributed by atoms with Crippen molar-refractivity contribution in [2.45, 2.75) is 33.5 Å². The Balaban J connectivity index is 1.29. The van der Waals surface area contributed by atoms with Crippen molar-refractivity contribution >= 4 is 25.1 Å². The molecule has 0 bridgehead atoms. The van der Waals surface area contributed by atoms with E-state index in [1.54, 1.807) is 36.2 Å². The number of pyridine rings is 1. The first kappa shape index (κ1) is 25.1. The molecule has 196 valence electrons. The quantitative estimate of drug-likeness (QED) is 0.164. The highest BCUT2D eigenvalue weighted by atomic mass is 31.2. The first-order valence-electron chi connectivity index (χ1n) is 11.5. The van der Waals surface area contributed by atoms with Gasteiger partial charge in [0.2, 0.25) is 0 Å². The zero-order chi connectivity index (χ0) is 26.3. The zero-order valence-electron chi connectivity index (χ0n) is 20.4. The van der Waals surface area contributed by atoms with Crippen LogP contribution in [-0.2, 0) is 15.7 Å².